The van der Waals surface area contributed by atoms with Crippen LogP contribution in [-0.2, 0) is 4.74 Å². The molecular weight excluding hydrogens is 232 g/mol. The number of fused-ring (bicyclic) bond motifs is 1. The molecule has 94 valence electrons. The average molecular weight is 246 g/mol. The van der Waals surface area contributed by atoms with E-state index < -0.39 is 0 Å². The molecule has 1 atom stereocenters. The third-order valence-corrected chi connectivity index (χ3v) is 2.97. The van der Waals surface area contributed by atoms with Gasteiger partial charge in [-0.15, -0.1) is 10.2 Å². The normalized spacial score (nSPS) is 20.3. The number of morpholine rings is 1. The summed E-state index contributed by atoms with van der Waals surface area (Å²) in [7, 11) is 0. The van der Waals surface area contributed by atoms with E-state index in [1.807, 2.05) is 29.2 Å². The molecule has 1 aromatic carbocycles. The first-order valence-corrected chi connectivity index (χ1v) is 5.93. The number of para-hydroxylation sites is 1. The number of nitrogens with zero attached hydrogens (tertiary/aromatic N) is 4. The van der Waals surface area contributed by atoms with Crippen molar-refractivity contribution >= 4 is 17.0 Å². The Morgan fingerprint density at radius 3 is 2.94 bits per heavy atom. The first-order chi connectivity index (χ1) is 8.86. The molecular formula is C12H14N4O2. The van der Waals surface area contributed by atoms with E-state index in [4.69, 9.17) is 9.84 Å². The second-order valence-electron chi connectivity index (χ2n) is 4.22. The molecule has 1 fully saturated rings. The lowest BCUT2D eigenvalue weighted by molar-refractivity contribution is 0.00311. The van der Waals surface area contributed by atoms with Gasteiger partial charge in [-0.1, -0.05) is 12.1 Å². The molecule has 0 radical (unpaired) electrons. The van der Waals surface area contributed by atoms with E-state index in [-0.39, 0.29) is 12.7 Å². The van der Waals surface area contributed by atoms with Crippen molar-refractivity contribution in [2.45, 2.75) is 6.10 Å². The van der Waals surface area contributed by atoms with Gasteiger partial charge in [-0.25, -0.2) is 4.98 Å². The van der Waals surface area contributed by atoms with E-state index in [1.165, 1.54) is 0 Å². The molecule has 1 aliphatic rings. The van der Waals surface area contributed by atoms with Crippen LogP contribution in [0, 0.1) is 0 Å². The molecule has 2 aromatic rings. The van der Waals surface area contributed by atoms with Crippen molar-refractivity contribution in [1.29, 1.82) is 0 Å². The van der Waals surface area contributed by atoms with Crippen molar-refractivity contribution in [2.24, 2.45) is 0 Å². The predicted molar refractivity (Wildman–Crippen MR) is 66.4 cm³/mol. The summed E-state index contributed by atoms with van der Waals surface area (Å²) in [6.45, 7) is 1.89. The molecule has 0 amide bonds. The summed E-state index contributed by atoms with van der Waals surface area (Å²) in [6, 6.07) is 7.64. The van der Waals surface area contributed by atoms with E-state index in [2.05, 4.69) is 15.2 Å². The third kappa shape index (κ3) is 2.12. The quantitative estimate of drug-likeness (QED) is 0.817. The molecule has 0 aliphatic carbocycles. The van der Waals surface area contributed by atoms with Crippen LogP contribution in [0.25, 0.3) is 11.0 Å². The summed E-state index contributed by atoms with van der Waals surface area (Å²) in [5.74, 6) is 0.593. The lowest BCUT2D eigenvalue weighted by atomic mass is 10.3. The van der Waals surface area contributed by atoms with Crippen LogP contribution in [0.1, 0.15) is 0 Å². The Balaban J connectivity index is 1.89. The minimum atomic E-state index is -0.172. The van der Waals surface area contributed by atoms with Crippen molar-refractivity contribution in [3.8, 4) is 0 Å². The van der Waals surface area contributed by atoms with Gasteiger partial charge in [0.2, 0.25) is 5.95 Å². The van der Waals surface area contributed by atoms with Crippen molar-refractivity contribution in [3.05, 3.63) is 24.3 Å². The minimum absolute atomic E-state index is 0.0114. The number of hydrogen-bond donors (Lipinski definition) is 1. The van der Waals surface area contributed by atoms with E-state index >= 15 is 0 Å². The molecule has 2 heterocycles. The zero-order chi connectivity index (χ0) is 12.4. The van der Waals surface area contributed by atoms with Crippen LogP contribution in [0.2, 0.25) is 0 Å². The summed E-state index contributed by atoms with van der Waals surface area (Å²) >= 11 is 0. The summed E-state index contributed by atoms with van der Waals surface area (Å²) in [5.41, 5.74) is 1.61. The maximum absolute atomic E-state index is 9.12. The van der Waals surface area contributed by atoms with E-state index in [0.29, 0.717) is 19.1 Å². The number of aliphatic hydroxyl groups is 1. The van der Waals surface area contributed by atoms with Crippen LogP contribution in [0.4, 0.5) is 5.95 Å². The van der Waals surface area contributed by atoms with Crippen molar-refractivity contribution in [1.82, 2.24) is 15.2 Å². The third-order valence-electron chi connectivity index (χ3n) is 2.97. The molecule has 1 aliphatic heterocycles. The lowest BCUT2D eigenvalue weighted by Gasteiger charge is -2.31. The molecule has 6 nitrogen and oxygen atoms in total. The van der Waals surface area contributed by atoms with E-state index in [1.54, 1.807) is 0 Å². The molecule has 18 heavy (non-hydrogen) atoms. The fraction of sp³-hybridized carbons (Fsp3) is 0.417. The molecule has 1 saturated heterocycles. The van der Waals surface area contributed by atoms with Crippen LogP contribution >= 0.6 is 0 Å². The first kappa shape index (κ1) is 11.3. The van der Waals surface area contributed by atoms with Gasteiger partial charge in [-0.2, -0.15) is 0 Å². The highest BCUT2D eigenvalue weighted by Gasteiger charge is 2.22. The average Bonchev–Trinajstić information content (AvgIpc) is 2.47. The summed E-state index contributed by atoms with van der Waals surface area (Å²) in [4.78, 5) is 6.47. The number of rotatable bonds is 2. The van der Waals surface area contributed by atoms with Gasteiger partial charge in [0, 0.05) is 13.1 Å². The van der Waals surface area contributed by atoms with Crippen molar-refractivity contribution in [3.63, 3.8) is 0 Å². The molecule has 0 saturated carbocycles. The number of aromatic nitrogens is 3. The summed E-state index contributed by atoms with van der Waals surface area (Å²) in [6.07, 6.45) is -0.172. The smallest absolute Gasteiger partial charge is 0.246 e. The van der Waals surface area contributed by atoms with Gasteiger partial charge >= 0.3 is 0 Å². The Morgan fingerprint density at radius 2 is 2.11 bits per heavy atom. The van der Waals surface area contributed by atoms with Crippen molar-refractivity contribution in [2.75, 3.05) is 31.2 Å². The van der Waals surface area contributed by atoms with Gasteiger partial charge in [-0.3, -0.25) is 0 Å². The Labute approximate surface area is 104 Å². The van der Waals surface area contributed by atoms with Gasteiger partial charge in [0.05, 0.1) is 24.8 Å². The molecule has 6 heteroatoms. The topological polar surface area (TPSA) is 71.4 Å². The molecule has 1 N–H and O–H groups in total. The monoisotopic (exact) mass is 246 g/mol. The SMILES string of the molecule is OCC1CN(c2nnc3ccccc3n2)CCO1. The highest BCUT2D eigenvalue weighted by Crippen LogP contribution is 2.15. The maximum atomic E-state index is 9.12. The Hall–Kier alpha value is -1.79. The molecule has 0 spiro atoms. The Kier molecular flexibility index (Phi) is 3.04. The minimum Gasteiger partial charge on any atom is -0.394 e. The fourth-order valence-electron chi connectivity index (χ4n) is 2.02. The van der Waals surface area contributed by atoms with Gasteiger partial charge in [0.15, 0.2) is 0 Å². The van der Waals surface area contributed by atoms with Crippen LogP contribution in [0.15, 0.2) is 24.3 Å². The van der Waals surface area contributed by atoms with Gasteiger partial charge in [-0.05, 0) is 12.1 Å². The summed E-state index contributed by atoms with van der Waals surface area (Å²) < 4.78 is 5.40. The molecule has 1 unspecified atom stereocenters. The Bertz CT molecular complexity index is 548. The van der Waals surface area contributed by atoms with E-state index in [9.17, 15) is 0 Å². The highest BCUT2D eigenvalue weighted by molar-refractivity contribution is 5.74. The number of aliphatic hydroxyl groups excluding tert-OH is 1. The number of anilines is 1. The Morgan fingerprint density at radius 1 is 1.28 bits per heavy atom. The predicted octanol–water partition coefficient (Wildman–Crippen LogP) is 0.222. The van der Waals surface area contributed by atoms with Crippen LogP contribution < -0.4 is 4.90 Å². The zero-order valence-electron chi connectivity index (χ0n) is 9.86. The molecule has 1 aromatic heterocycles. The van der Waals surface area contributed by atoms with Crippen LogP contribution in [-0.4, -0.2) is 52.7 Å². The fourth-order valence-corrected chi connectivity index (χ4v) is 2.02. The summed E-state index contributed by atoms with van der Waals surface area (Å²) in [5, 5.41) is 17.4. The molecule has 3 rings (SSSR count). The maximum Gasteiger partial charge on any atom is 0.246 e. The van der Waals surface area contributed by atoms with Gasteiger partial charge in [0.25, 0.3) is 0 Å². The second kappa shape index (κ2) is 4.83. The number of hydrogen-bond acceptors (Lipinski definition) is 6. The largest absolute Gasteiger partial charge is 0.394 e. The van der Waals surface area contributed by atoms with Crippen molar-refractivity contribution < 1.29 is 9.84 Å². The van der Waals surface area contributed by atoms with Crippen LogP contribution in [0.5, 0.6) is 0 Å². The zero-order valence-corrected chi connectivity index (χ0v) is 9.86. The number of benzene rings is 1. The van der Waals surface area contributed by atoms with Gasteiger partial charge in [0.1, 0.15) is 5.52 Å². The molecule has 0 bridgehead atoms. The standard InChI is InChI=1S/C12H14N4O2/c17-8-9-7-16(5-6-18-9)12-13-10-3-1-2-4-11(10)14-15-12/h1-4,9,17H,5-8H2. The van der Waals surface area contributed by atoms with Crippen LogP contribution in [0.3, 0.4) is 0 Å². The number of ether oxygens (including phenoxy) is 1. The second-order valence-corrected chi connectivity index (χ2v) is 4.22. The lowest BCUT2D eigenvalue weighted by Crippen LogP contribution is -2.44. The van der Waals surface area contributed by atoms with E-state index in [0.717, 1.165) is 17.6 Å². The highest BCUT2D eigenvalue weighted by atomic mass is 16.5. The van der Waals surface area contributed by atoms with Gasteiger partial charge < -0.3 is 14.7 Å². The first-order valence-electron chi connectivity index (χ1n) is 5.93.